The molecule has 1 atom stereocenters. The number of nitrogens with zero attached hydrogens (tertiary/aromatic N) is 1. The van der Waals surface area contributed by atoms with Gasteiger partial charge < -0.3 is 15.4 Å². The Morgan fingerprint density at radius 2 is 2.47 bits per heavy atom. The summed E-state index contributed by atoms with van der Waals surface area (Å²) in [6.45, 7) is 1.77. The van der Waals surface area contributed by atoms with E-state index in [2.05, 4.69) is 15.6 Å². The Balaban J connectivity index is 1.92. The Labute approximate surface area is 101 Å². The van der Waals surface area contributed by atoms with Crippen LogP contribution in [0.15, 0.2) is 18.3 Å². The number of nitrogens with one attached hydrogen (secondary N) is 2. The molecule has 17 heavy (non-hydrogen) atoms. The van der Waals surface area contributed by atoms with E-state index in [-0.39, 0.29) is 11.8 Å². The largest absolute Gasteiger partial charge is 0.481 e. The van der Waals surface area contributed by atoms with Crippen molar-refractivity contribution in [2.45, 2.75) is 12.8 Å². The van der Waals surface area contributed by atoms with Gasteiger partial charge in [-0.25, -0.2) is 4.98 Å². The van der Waals surface area contributed by atoms with Crippen molar-refractivity contribution in [1.29, 1.82) is 0 Å². The van der Waals surface area contributed by atoms with Crippen LogP contribution in [-0.2, 0) is 4.79 Å². The molecule has 0 unspecified atom stereocenters. The quantitative estimate of drug-likeness (QED) is 0.821. The highest BCUT2D eigenvalue weighted by Gasteiger charge is 2.20. The van der Waals surface area contributed by atoms with Gasteiger partial charge in [0.25, 0.3) is 0 Å². The second-order valence-electron chi connectivity index (χ2n) is 4.12. The standard InChI is InChI=1S/C12H17N3O2/c1-17-11-5-4-10(8-14-11)15-12(16)9-3-2-6-13-7-9/h4-5,8-9,13H,2-3,6-7H2,1H3,(H,15,16)/t9-/m1/s1. The number of methoxy groups -OCH3 is 1. The van der Waals surface area contributed by atoms with Gasteiger partial charge >= 0.3 is 0 Å². The Kier molecular flexibility index (Phi) is 3.93. The SMILES string of the molecule is COc1ccc(NC(=O)[C@@H]2CCCNC2)cn1. The summed E-state index contributed by atoms with van der Waals surface area (Å²) in [6.07, 6.45) is 3.61. The van der Waals surface area contributed by atoms with Gasteiger partial charge in [0.15, 0.2) is 0 Å². The van der Waals surface area contributed by atoms with E-state index in [0.29, 0.717) is 11.6 Å². The fraction of sp³-hybridized carbons (Fsp3) is 0.500. The van der Waals surface area contributed by atoms with E-state index >= 15 is 0 Å². The molecule has 1 aliphatic heterocycles. The topological polar surface area (TPSA) is 63.2 Å². The van der Waals surface area contributed by atoms with Gasteiger partial charge in [0.2, 0.25) is 11.8 Å². The first-order valence-corrected chi connectivity index (χ1v) is 5.81. The van der Waals surface area contributed by atoms with E-state index in [4.69, 9.17) is 4.74 Å². The third-order valence-corrected chi connectivity index (χ3v) is 2.88. The molecule has 2 heterocycles. The Morgan fingerprint density at radius 1 is 1.59 bits per heavy atom. The zero-order valence-corrected chi connectivity index (χ0v) is 9.90. The van der Waals surface area contributed by atoms with Crippen LogP contribution in [0.3, 0.4) is 0 Å². The number of amides is 1. The van der Waals surface area contributed by atoms with Gasteiger partial charge in [-0.1, -0.05) is 0 Å². The second kappa shape index (κ2) is 5.63. The average Bonchev–Trinajstić information content (AvgIpc) is 2.40. The lowest BCUT2D eigenvalue weighted by Crippen LogP contribution is -2.37. The lowest BCUT2D eigenvalue weighted by atomic mass is 9.99. The number of carbonyl (C=O) groups is 1. The predicted molar refractivity (Wildman–Crippen MR) is 65.0 cm³/mol. The van der Waals surface area contributed by atoms with Crippen LogP contribution in [0.1, 0.15) is 12.8 Å². The summed E-state index contributed by atoms with van der Waals surface area (Å²) in [5.74, 6) is 0.664. The molecular formula is C12H17N3O2. The van der Waals surface area contributed by atoms with Crippen LogP contribution in [0.25, 0.3) is 0 Å². The summed E-state index contributed by atoms with van der Waals surface area (Å²) in [6, 6.07) is 3.52. The lowest BCUT2D eigenvalue weighted by molar-refractivity contribution is -0.120. The summed E-state index contributed by atoms with van der Waals surface area (Å²) in [5, 5.41) is 6.09. The zero-order valence-electron chi connectivity index (χ0n) is 9.90. The van der Waals surface area contributed by atoms with Crippen LogP contribution < -0.4 is 15.4 Å². The van der Waals surface area contributed by atoms with E-state index in [0.717, 1.165) is 25.9 Å². The smallest absolute Gasteiger partial charge is 0.228 e. The Bertz CT molecular complexity index is 372. The number of aromatic nitrogens is 1. The zero-order chi connectivity index (χ0) is 12.1. The monoisotopic (exact) mass is 235 g/mol. The molecule has 2 N–H and O–H groups in total. The van der Waals surface area contributed by atoms with E-state index in [9.17, 15) is 4.79 Å². The highest BCUT2D eigenvalue weighted by atomic mass is 16.5. The molecule has 0 saturated carbocycles. The van der Waals surface area contributed by atoms with E-state index < -0.39 is 0 Å². The number of pyridine rings is 1. The minimum atomic E-state index is 0.0594. The van der Waals surface area contributed by atoms with E-state index in [1.807, 2.05) is 0 Å². The summed E-state index contributed by atoms with van der Waals surface area (Å²) in [5.41, 5.74) is 0.710. The maximum atomic E-state index is 11.9. The minimum absolute atomic E-state index is 0.0594. The van der Waals surface area contributed by atoms with E-state index in [1.165, 1.54) is 0 Å². The molecule has 1 saturated heterocycles. The highest BCUT2D eigenvalue weighted by Crippen LogP contribution is 2.15. The van der Waals surface area contributed by atoms with Gasteiger partial charge in [-0.2, -0.15) is 0 Å². The number of hydrogen-bond donors (Lipinski definition) is 2. The van der Waals surface area contributed by atoms with Crippen molar-refractivity contribution in [3.63, 3.8) is 0 Å². The molecule has 1 fully saturated rings. The van der Waals surface area contributed by atoms with Crippen LogP contribution in [0.5, 0.6) is 5.88 Å². The lowest BCUT2D eigenvalue weighted by Gasteiger charge is -2.21. The van der Waals surface area contributed by atoms with Gasteiger partial charge in [-0.3, -0.25) is 4.79 Å². The number of ether oxygens (including phenoxy) is 1. The summed E-state index contributed by atoms with van der Waals surface area (Å²) < 4.78 is 4.96. The molecule has 92 valence electrons. The molecule has 0 spiro atoms. The van der Waals surface area contributed by atoms with Gasteiger partial charge in [0, 0.05) is 12.6 Å². The molecule has 5 heteroatoms. The number of hydrogen-bond acceptors (Lipinski definition) is 4. The van der Waals surface area contributed by atoms with E-state index in [1.54, 1.807) is 25.4 Å². The molecule has 1 aliphatic rings. The van der Waals surface area contributed by atoms with Crippen LogP contribution in [-0.4, -0.2) is 31.1 Å². The van der Waals surface area contributed by atoms with Crippen molar-refractivity contribution in [3.05, 3.63) is 18.3 Å². The van der Waals surface area contributed by atoms with Gasteiger partial charge in [0.1, 0.15) is 0 Å². The van der Waals surface area contributed by atoms with Crippen molar-refractivity contribution in [1.82, 2.24) is 10.3 Å². The van der Waals surface area contributed by atoms with Crippen LogP contribution >= 0.6 is 0 Å². The molecule has 1 aromatic heterocycles. The molecule has 0 radical (unpaired) electrons. The number of piperidine rings is 1. The first-order valence-electron chi connectivity index (χ1n) is 5.81. The van der Waals surface area contributed by atoms with Crippen molar-refractivity contribution in [3.8, 4) is 5.88 Å². The maximum Gasteiger partial charge on any atom is 0.228 e. The molecule has 1 amide bonds. The van der Waals surface area contributed by atoms with Gasteiger partial charge in [0.05, 0.1) is 24.9 Å². The van der Waals surface area contributed by atoms with Gasteiger partial charge in [-0.15, -0.1) is 0 Å². The highest BCUT2D eigenvalue weighted by molar-refractivity contribution is 5.92. The molecule has 5 nitrogen and oxygen atoms in total. The number of carbonyl (C=O) groups excluding carboxylic acids is 1. The number of rotatable bonds is 3. The second-order valence-corrected chi connectivity index (χ2v) is 4.12. The van der Waals surface area contributed by atoms with Crippen molar-refractivity contribution >= 4 is 11.6 Å². The van der Waals surface area contributed by atoms with Crippen LogP contribution in [0.2, 0.25) is 0 Å². The van der Waals surface area contributed by atoms with Crippen molar-refractivity contribution in [2.24, 2.45) is 5.92 Å². The van der Waals surface area contributed by atoms with Crippen LogP contribution in [0, 0.1) is 5.92 Å². The molecule has 2 rings (SSSR count). The summed E-state index contributed by atoms with van der Waals surface area (Å²) in [7, 11) is 1.56. The third-order valence-electron chi connectivity index (χ3n) is 2.88. The van der Waals surface area contributed by atoms with Crippen LogP contribution in [0.4, 0.5) is 5.69 Å². The number of anilines is 1. The first kappa shape index (κ1) is 11.9. The summed E-state index contributed by atoms with van der Waals surface area (Å²) >= 11 is 0. The van der Waals surface area contributed by atoms with Crippen molar-refractivity contribution < 1.29 is 9.53 Å². The molecule has 0 aliphatic carbocycles. The molecule has 0 aromatic carbocycles. The van der Waals surface area contributed by atoms with Crippen molar-refractivity contribution in [2.75, 3.05) is 25.5 Å². The first-order chi connectivity index (χ1) is 8.29. The minimum Gasteiger partial charge on any atom is -0.481 e. The molecule has 0 bridgehead atoms. The average molecular weight is 235 g/mol. The van der Waals surface area contributed by atoms with Gasteiger partial charge in [-0.05, 0) is 25.5 Å². The third kappa shape index (κ3) is 3.17. The Hall–Kier alpha value is -1.62. The predicted octanol–water partition coefficient (Wildman–Crippen LogP) is 1.03. The fourth-order valence-corrected chi connectivity index (χ4v) is 1.89. The normalized spacial score (nSPS) is 19.7. The Morgan fingerprint density at radius 3 is 3.06 bits per heavy atom. The molecule has 1 aromatic rings. The summed E-state index contributed by atoms with van der Waals surface area (Å²) in [4.78, 5) is 16.0. The fourth-order valence-electron chi connectivity index (χ4n) is 1.89. The maximum absolute atomic E-state index is 11.9. The molecular weight excluding hydrogens is 218 g/mol.